The summed E-state index contributed by atoms with van der Waals surface area (Å²) in [5.74, 6) is 1.71. The van der Waals surface area contributed by atoms with Crippen LogP contribution >= 0.6 is 0 Å². The van der Waals surface area contributed by atoms with Crippen LogP contribution in [-0.2, 0) is 4.74 Å². The number of nitrogens with one attached hydrogen (secondary N) is 1. The molecule has 19 heavy (non-hydrogen) atoms. The molecule has 0 aliphatic carbocycles. The summed E-state index contributed by atoms with van der Waals surface area (Å²) < 4.78 is 5.57. The lowest BCUT2D eigenvalue weighted by Gasteiger charge is -2.20. The maximum Gasteiger partial charge on any atom is 0.133 e. The molecule has 2 atom stereocenters. The number of nitrogens with two attached hydrogens (primary N) is 1. The molecule has 1 fully saturated rings. The van der Waals surface area contributed by atoms with Crippen LogP contribution in [0.3, 0.4) is 0 Å². The summed E-state index contributed by atoms with van der Waals surface area (Å²) in [6.07, 6.45) is 4.15. The summed E-state index contributed by atoms with van der Waals surface area (Å²) in [4.78, 5) is 10.5. The third-order valence-electron chi connectivity index (χ3n) is 3.14. The highest BCUT2D eigenvalue weighted by Crippen LogP contribution is 2.15. The molecular formula is C13H23N5O. The average Bonchev–Trinajstić information content (AvgIpc) is 2.89. The number of hydrogen-bond donors (Lipinski definition) is 2. The summed E-state index contributed by atoms with van der Waals surface area (Å²) in [6, 6.07) is 2.06. The Hall–Kier alpha value is -1.40. The first-order valence-corrected chi connectivity index (χ1v) is 6.79. The number of likely N-dealkylation sites (N-methyl/N-ethyl adjacent to an activating group) is 1. The Morgan fingerprint density at radius 1 is 1.58 bits per heavy atom. The standard InChI is InChI=1S/C13H23N5O/c1-10(14)8-18(2)13-6-12(16-9-17-13)15-7-11-4-3-5-19-11/h6,9-11H,3-5,7-8,14H2,1-2H3,(H,15,16,17). The van der Waals surface area contributed by atoms with E-state index in [1.54, 1.807) is 6.33 Å². The van der Waals surface area contributed by atoms with Crippen molar-refractivity contribution in [3.05, 3.63) is 12.4 Å². The Kier molecular flexibility index (Phi) is 4.93. The third-order valence-corrected chi connectivity index (χ3v) is 3.14. The fraction of sp³-hybridized carbons (Fsp3) is 0.692. The van der Waals surface area contributed by atoms with Gasteiger partial charge in [-0.05, 0) is 19.8 Å². The highest BCUT2D eigenvalue weighted by Gasteiger charge is 2.15. The molecule has 6 nitrogen and oxygen atoms in total. The number of nitrogens with zero attached hydrogens (tertiary/aromatic N) is 3. The van der Waals surface area contributed by atoms with Crippen LogP contribution in [0.25, 0.3) is 0 Å². The van der Waals surface area contributed by atoms with Gasteiger partial charge in [-0.25, -0.2) is 9.97 Å². The lowest BCUT2D eigenvalue weighted by atomic mass is 10.2. The molecule has 1 aliphatic rings. The molecule has 0 spiro atoms. The van der Waals surface area contributed by atoms with Crippen molar-refractivity contribution >= 4 is 11.6 Å². The highest BCUT2D eigenvalue weighted by atomic mass is 16.5. The number of anilines is 2. The minimum Gasteiger partial charge on any atom is -0.376 e. The van der Waals surface area contributed by atoms with E-state index in [1.165, 1.54) is 0 Å². The van der Waals surface area contributed by atoms with Crippen molar-refractivity contribution < 1.29 is 4.74 Å². The van der Waals surface area contributed by atoms with Gasteiger partial charge in [0.1, 0.15) is 18.0 Å². The van der Waals surface area contributed by atoms with E-state index in [2.05, 4.69) is 15.3 Å². The van der Waals surface area contributed by atoms with E-state index in [-0.39, 0.29) is 6.04 Å². The van der Waals surface area contributed by atoms with Gasteiger partial charge < -0.3 is 20.7 Å². The topological polar surface area (TPSA) is 76.3 Å². The zero-order chi connectivity index (χ0) is 13.7. The van der Waals surface area contributed by atoms with Gasteiger partial charge in [0.25, 0.3) is 0 Å². The van der Waals surface area contributed by atoms with E-state index in [1.807, 2.05) is 24.9 Å². The Morgan fingerprint density at radius 2 is 2.42 bits per heavy atom. The van der Waals surface area contributed by atoms with E-state index in [0.717, 1.165) is 44.2 Å². The van der Waals surface area contributed by atoms with Crippen LogP contribution in [0, 0.1) is 0 Å². The summed E-state index contributed by atoms with van der Waals surface area (Å²) in [6.45, 7) is 4.42. The van der Waals surface area contributed by atoms with Crippen molar-refractivity contribution in [2.45, 2.75) is 31.9 Å². The van der Waals surface area contributed by atoms with Gasteiger partial charge in [-0.3, -0.25) is 0 Å². The van der Waals surface area contributed by atoms with Gasteiger partial charge in [-0.1, -0.05) is 0 Å². The Bertz CT molecular complexity index is 392. The van der Waals surface area contributed by atoms with E-state index in [4.69, 9.17) is 10.5 Å². The quantitative estimate of drug-likeness (QED) is 0.794. The summed E-state index contributed by atoms with van der Waals surface area (Å²) in [7, 11) is 1.98. The molecule has 1 aromatic rings. The van der Waals surface area contributed by atoms with Crippen LogP contribution < -0.4 is 16.0 Å². The number of rotatable bonds is 6. The van der Waals surface area contributed by atoms with Gasteiger partial charge >= 0.3 is 0 Å². The lowest BCUT2D eigenvalue weighted by Crippen LogP contribution is -2.33. The van der Waals surface area contributed by atoms with Crippen LogP contribution in [0.2, 0.25) is 0 Å². The van der Waals surface area contributed by atoms with Gasteiger partial charge in [-0.15, -0.1) is 0 Å². The molecule has 1 aromatic heterocycles. The number of aromatic nitrogens is 2. The van der Waals surface area contributed by atoms with Gasteiger partial charge in [0, 0.05) is 38.9 Å². The molecule has 0 radical (unpaired) electrons. The van der Waals surface area contributed by atoms with Gasteiger partial charge in [0.15, 0.2) is 0 Å². The maximum absolute atomic E-state index is 5.79. The zero-order valence-corrected chi connectivity index (χ0v) is 11.7. The van der Waals surface area contributed by atoms with Crippen molar-refractivity contribution in [2.24, 2.45) is 5.73 Å². The van der Waals surface area contributed by atoms with Crippen LogP contribution in [0.1, 0.15) is 19.8 Å². The predicted molar refractivity (Wildman–Crippen MR) is 76.4 cm³/mol. The summed E-state index contributed by atoms with van der Waals surface area (Å²) in [5, 5.41) is 3.30. The van der Waals surface area contributed by atoms with Crippen molar-refractivity contribution in [3.8, 4) is 0 Å². The van der Waals surface area contributed by atoms with Crippen LogP contribution in [0.15, 0.2) is 12.4 Å². The predicted octanol–water partition coefficient (Wildman–Crippen LogP) is 0.851. The van der Waals surface area contributed by atoms with Gasteiger partial charge in [-0.2, -0.15) is 0 Å². The Balaban J connectivity index is 1.90. The van der Waals surface area contributed by atoms with Gasteiger partial charge in [0.2, 0.25) is 0 Å². The third kappa shape index (κ3) is 4.33. The molecule has 0 saturated carbocycles. The number of hydrogen-bond acceptors (Lipinski definition) is 6. The first-order valence-electron chi connectivity index (χ1n) is 6.79. The monoisotopic (exact) mass is 265 g/mol. The molecule has 0 aromatic carbocycles. The van der Waals surface area contributed by atoms with Crippen LogP contribution in [0.5, 0.6) is 0 Å². The molecular weight excluding hydrogens is 242 g/mol. The van der Waals surface area contributed by atoms with Crippen molar-refractivity contribution in [1.29, 1.82) is 0 Å². The summed E-state index contributed by atoms with van der Waals surface area (Å²) >= 11 is 0. The lowest BCUT2D eigenvalue weighted by molar-refractivity contribution is 0.120. The normalized spacial score (nSPS) is 20.3. The van der Waals surface area contributed by atoms with E-state index < -0.39 is 0 Å². The average molecular weight is 265 g/mol. The number of ether oxygens (including phenoxy) is 1. The first kappa shape index (κ1) is 14.0. The second-order valence-corrected chi connectivity index (χ2v) is 5.14. The zero-order valence-electron chi connectivity index (χ0n) is 11.7. The largest absolute Gasteiger partial charge is 0.376 e. The van der Waals surface area contributed by atoms with Crippen LogP contribution in [0.4, 0.5) is 11.6 Å². The molecule has 2 rings (SSSR count). The molecule has 2 heterocycles. The molecule has 106 valence electrons. The molecule has 0 amide bonds. The SMILES string of the molecule is CC(N)CN(C)c1cc(NCC2CCCO2)ncn1. The molecule has 1 aliphatic heterocycles. The second kappa shape index (κ2) is 6.68. The van der Waals surface area contributed by atoms with Crippen molar-refractivity contribution in [1.82, 2.24) is 9.97 Å². The Morgan fingerprint density at radius 3 is 3.11 bits per heavy atom. The molecule has 1 saturated heterocycles. The van der Waals surface area contributed by atoms with Crippen molar-refractivity contribution in [3.63, 3.8) is 0 Å². The fourth-order valence-corrected chi connectivity index (χ4v) is 2.20. The highest BCUT2D eigenvalue weighted by molar-refractivity contribution is 5.48. The van der Waals surface area contributed by atoms with Crippen molar-refractivity contribution in [2.75, 3.05) is 37.0 Å². The molecule has 6 heteroatoms. The smallest absolute Gasteiger partial charge is 0.133 e. The van der Waals surface area contributed by atoms with E-state index in [0.29, 0.717) is 6.10 Å². The Labute approximate surface area is 114 Å². The van der Waals surface area contributed by atoms with E-state index in [9.17, 15) is 0 Å². The minimum atomic E-state index is 0.114. The minimum absolute atomic E-state index is 0.114. The summed E-state index contributed by atoms with van der Waals surface area (Å²) in [5.41, 5.74) is 5.79. The molecule has 0 bridgehead atoms. The molecule has 2 unspecified atom stereocenters. The second-order valence-electron chi connectivity index (χ2n) is 5.14. The van der Waals surface area contributed by atoms with Gasteiger partial charge in [0.05, 0.1) is 6.10 Å². The fourth-order valence-electron chi connectivity index (χ4n) is 2.20. The maximum atomic E-state index is 5.79. The first-order chi connectivity index (χ1) is 9.15. The van der Waals surface area contributed by atoms with Crippen LogP contribution in [-0.4, -0.2) is 48.9 Å². The van der Waals surface area contributed by atoms with E-state index >= 15 is 0 Å². The molecule has 3 N–H and O–H groups in total.